The Morgan fingerprint density at radius 1 is 1.47 bits per heavy atom. The molecule has 0 aromatic heterocycles. The lowest BCUT2D eigenvalue weighted by Crippen LogP contribution is -2.43. The average Bonchev–Trinajstić information content (AvgIpc) is 2.00. The standard InChI is InChI=1S/C6H16N3O5P/c7-3-1-2-5(6(8)10)9(11)4-15(12,13)14/h5,11H,1-4,7H2,(H2,8,10)(H2,12,13,14). The lowest BCUT2D eigenvalue weighted by atomic mass is 10.1. The average molecular weight is 241 g/mol. The quantitative estimate of drug-likeness (QED) is 0.266. The third-order valence-electron chi connectivity index (χ3n) is 1.70. The Balaban J connectivity index is 4.35. The summed E-state index contributed by atoms with van der Waals surface area (Å²) >= 11 is 0. The summed E-state index contributed by atoms with van der Waals surface area (Å²) in [5, 5.41) is 9.50. The van der Waals surface area contributed by atoms with Gasteiger partial charge in [-0.1, -0.05) is 0 Å². The molecule has 8 nitrogen and oxygen atoms in total. The number of primary amides is 1. The Morgan fingerprint density at radius 2 is 2.00 bits per heavy atom. The summed E-state index contributed by atoms with van der Waals surface area (Å²) in [4.78, 5) is 28.0. The lowest BCUT2D eigenvalue weighted by molar-refractivity contribution is -0.148. The summed E-state index contributed by atoms with van der Waals surface area (Å²) in [6.45, 7) is 0.299. The minimum absolute atomic E-state index is 0.155. The highest BCUT2D eigenvalue weighted by atomic mass is 31.2. The molecule has 1 unspecified atom stereocenters. The monoisotopic (exact) mass is 241 g/mol. The van der Waals surface area contributed by atoms with Gasteiger partial charge in [0.25, 0.3) is 0 Å². The molecule has 0 rings (SSSR count). The molecule has 0 saturated carbocycles. The molecule has 0 aliphatic heterocycles. The van der Waals surface area contributed by atoms with Crippen LogP contribution in [0.5, 0.6) is 0 Å². The first-order valence-electron chi connectivity index (χ1n) is 4.27. The molecule has 0 fully saturated rings. The minimum Gasteiger partial charge on any atom is -0.368 e. The molecule has 0 aromatic rings. The van der Waals surface area contributed by atoms with Crippen LogP contribution in [0.25, 0.3) is 0 Å². The van der Waals surface area contributed by atoms with Gasteiger partial charge in [-0.05, 0) is 19.4 Å². The molecule has 9 heteroatoms. The van der Waals surface area contributed by atoms with Gasteiger partial charge in [0, 0.05) is 0 Å². The molecule has 0 bridgehead atoms. The van der Waals surface area contributed by atoms with Gasteiger partial charge in [-0.2, -0.15) is 5.06 Å². The fraction of sp³-hybridized carbons (Fsp3) is 0.833. The van der Waals surface area contributed by atoms with Crippen molar-refractivity contribution in [1.29, 1.82) is 0 Å². The van der Waals surface area contributed by atoms with Crippen molar-refractivity contribution in [2.75, 3.05) is 12.8 Å². The normalized spacial score (nSPS) is 14.2. The number of nitrogens with two attached hydrogens (primary N) is 2. The van der Waals surface area contributed by atoms with Gasteiger partial charge in [0.1, 0.15) is 12.3 Å². The summed E-state index contributed by atoms with van der Waals surface area (Å²) < 4.78 is 10.6. The van der Waals surface area contributed by atoms with E-state index in [1.165, 1.54) is 0 Å². The molecule has 0 radical (unpaired) electrons. The van der Waals surface area contributed by atoms with Gasteiger partial charge in [-0.25, -0.2) is 0 Å². The van der Waals surface area contributed by atoms with E-state index in [0.717, 1.165) is 0 Å². The van der Waals surface area contributed by atoms with Crippen molar-refractivity contribution in [1.82, 2.24) is 5.06 Å². The molecule has 7 N–H and O–H groups in total. The van der Waals surface area contributed by atoms with Crippen LogP contribution in [0.4, 0.5) is 0 Å². The van der Waals surface area contributed by atoms with Crippen molar-refractivity contribution in [3.05, 3.63) is 0 Å². The topological polar surface area (TPSA) is 150 Å². The molecule has 0 aromatic carbocycles. The van der Waals surface area contributed by atoms with E-state index >= 15 is 0 Å². The largest absolute Gasteiger partial charge is 0.368 e. The molecule has 0 saturated heterocycles. The SMILES string of the molecule is NCCCC(C(N)=O)N(O)CP(=O)(O)O. The van der Waals surface area contributed by atoms with E-state index in [1.807, 2.05) is 0 Å². The van der Waals surface area contributed by atoms with Crippen LogP contribution < -0.4 is 11.5 Å². The second-order valence-corrected chi connectivity index (χ2v) is 4.71. The number of nitrogens with zero attached hydrogens (tertiary/aromatic N) is 1. The number of carbonyl (C=O) groups is 1. The molecule has 0 aliphatic rings. The molecule has 15 heavy (non-hydrogen) atoms. The molecule has 0 spiro atoms. The zero-order valence-corrected chi connectivity index (χ0v) is 9.01. The molecule has 90 valence electrons. The van der Waals surface area contributed by atoms with Crippen LogP contribution in [0.1, 0.15) is 12.8 Å². The number of amides is 1. The number of carbonyl (C=O) groups excluding carboxylic acids is 1. The Morgan fingerprint density at radius 3 is 2.33 bits per heavy atom. The van der Waals surface area contributed by atoms with Crippen molar-refractivity contribution in [3.63, 3.8) is 0 Å². The van der Waals surface area contributed by atoms with Crippen LogP contribution in [0.15, 0.2) is 0 Å². The highest BCUT2D eigenvalue weighted by molar-refractivity contribution is 7.51. The van der Waals surface area contributed by atoms with Gasteiger partial charge in [0.05, 0.1) is 0 Å². The van der Waals surface area contributed by atoms with E-state index in [1.54, 1.807) is 0 Å². The van der Waals surface area contributed by atoms with Crippen LogP contribution in [-0.2, 0) is 9.36 Å². The Kier molecular flexibility index (Phi) is 5.96. The highest BCUT2D eigenvalue weighted by Crippen LogP contribution is 2.35. The maximum absolute atomic E-state index is 10.9. The summed E-state index contributed by atoms with van der Waals surface area (Å²) in [6, 6.07) is -1.12. The summed E-state index contributed by atoms with van der Waals surface area (Å²) in [5.74, 6) is -0.848. The Labute approximate surface area is 87.0 Å². The molecular formula is C6H16N3O5P. The summed E-state index contributed by atoms with van der Waals surface area (Å²) in [7, 11) is -4.41. The van der Waals surface area contributed by atoms with Crippen LogP contribution in [0, 0.1) is 0 Å². The van der Waals surface area contributed by atoms with Gasteiger partial charge in [0.15, 0.2) is 0 Å². The third kappa shape index (κ3) is 6.56. The molecule has 0 heterocycles. The van der Waals surface area contributed by atoms with Crippen LogP contribution in [0.2, 0.25) is 0 Å². The van der Waals surface area contributed by atoms with Crippen molar-refractivity contribution in [2.24, 2.45) is 11.5 Å². The minimum atomic E-state index is -4.41. The second-order valence-electron chi connectivity index (χ2n) is 3.09. The fourth-order valence-corrected chi connectivity index (χ4v) is 1.61. The van der Waals surface area contributed by atoms with Crippen LogP contribution in [-0.4, -0.2) is 44.8 Å². The molecular weight excluding hydrogens is 225 g/mol. The maximum Gasteiger partial charge on any atom is 0.341 e. The van der Waals surface area contributed by atoms with Gasteiger partial charge >= 0.3 is 7.60 Å². The predicted octanol–water partition coefficient (Wildman–Crippen LogP) is -1.59. The Bertz CT molecular complexity index is 255. The van der Waals surface area contributed by atoms with Gasteiger partial charge in [0.2, 0.25) is 5.91 Å². The first kappa shape index (κ1) is 14.5. The summed E-state index contributed by atoms with van der Waals surface area (Å²) in [5.41, 5.74) is 10.2. The molecule has 0 aliphatic carbocycles. The van der Waals surface area contributed by atoms with E-state index in [0.29, 0.717) is 13.0 Å². The number of hydrogen-bond donors (Lipinski definition) is 5. The molecule has 1 atom stereocenters. The first-order chi connectivity index (χ1) is 6.78. The fourth-order valence-electron chi connectivity index (χ4n) is 1.04. The second kappa shape index (κ2) is 6.16. The van der Waals surface area contributed by atoms with Crippen LogP contribution in [0.3, 0.4) is 0 Å². The van der Waals surface area contributed by atoms with E-state index in [4.69, 9.17) is 21.3 Å². The first-order valence-corrected chi connectivity index (χ1v) is 6.07. The third-order valence-corrected chi connectivity index (χ3v) is 2.36. The van der Waals surface area contributed by atoms with Crippen molar-refractivity contribution >= 4 is 13.5 Å². The van der Waals surface area contributed by atoms with E-state index in [-0.39, 0.29) is 11.5 Å². The van der Waals surface area contributed by atoms with E-state index in [2.05, 4.69) is 0 Å². The van der Waals surface area contributed by atoms with Crippen molar-refractivity contribution in [3.8, 4) is 0 Å². The number of hydroxylamine groups is 2. The maximum atomic E-state index is 10.9. The van der Waals surface area contributed by atoms with E-state index < -0.39 is 25.8 Å². The van der Waals surface area contributed by atoms with Crippen molar-refractivity contribution < 1.29 is 24.4 Å². The Hall–Kier alpha value is -0.500. The van der Waals surface area contributed by atoms with Crippen molar-refractivity contribution in [2.45, 2.75) is 18.9 Å². The predicted molar refractivity (Wildman–Crippen MR) is 51.8 cm³/mol. The van der Waals surface area contributed by atoms with Gasteiger partial charge < -0.3 is 26.5 Å². The highest BCUT2D eigenvalue weighted by Gasteiger charge is 2.27. The summed E-state index contributed by atoms with van der Waals surface area (Å²) in [6.07, 6.45) is -0.348. The lowest BCUT2D eigenvalue weighted by Gasteiger charge is -2.23. The number of rotatable bonds is 7. The number of hydrogen-bond acceptors (Lipinski definition) is 5. The van der Waals surface area contributed by atoms with Crippen LogP contribution >= 0.6 is 7.60 Å². The zero-order valence-electron chi connectivity index (χ0n) is 8.11. The van der Waals surface area contributed by atoms with Gasteiger partial charge in [-0.15, -0.1) is 0 Å². The van der Waals surface area contributed by atoms with Gasteiger partial charge in [-0.3, -0.25) is 9.36 Å². The molecule has 1 amide bonds. The van der Waals surface area contributed by atoms with E-state index in [9.17, 15) is 14.6 Å². The zero-order chi connectivity index (χ0) is 12.1. The smallest absolute Gasteiger partial charge is 0.341 e.